The number of likely N-dealkylation sites (tertiary alicyclic amines) is 1. The van der Waals surface area contributed by atoms with Gasteiger partial charge < -0.3 is 9.64 Å². The average molecular weight is 341 g/mol. The molecule has 1 saturated heterocycles. The van der Waals surface area contributed by atoms with Crippen LogP contribution in [-0.2, 0) is 11.3 Å². The fourth-order valence-corrected chi connectivity index (χ4v) is 2.81. The van der Waals surface area contributed by atoms with Crippen molar-refractivity contribution in [2.24, 2.45) is 0 Å². The Kier molecular flexibility index (Phi) is 5.81. The van der Waals surface area contributed by atoms with Crippen molar-refractivity contribution in [1.82, 2.24) is 19.8 Å². The van der Waals surface area contributed by atoms with Crippen LogP contribution in [0.4, 0.5) is 4.79 Å². The van der Waals surface area contributed by atoms with Crippen LogP contribution in [0, 0.1) is 0 Å². The smallest absolute Gasteiger partial charge is 0.410 e. The van der Waals surface area contributed by atoms with Crippen molar-refractivity contribution in [2.45, 2.75) is 51.8 Å². The minimum atomic E-state index is -0.479. The number of amides is 1. The first-order valence-corrected chi connectivity index (χ1v) is 8.27. The van der Waals surface area contributed by atoms with Crippen LogP contribution >= 0.6 is 11.6 Å². The van der Waals surface area contributed by atoms with E-state index in [0.717, 1.165) is 31.6 Å². The van der Waals surface area contributed by atoms with E-state index in [1.807, 2.05) is 20.8 Å². The highest BCUT2D eigenvalue weighted by Crippen LogP contribution is 2.20. The van der Waals surface area contributed by atoms with E-state index in [0.29, 0.717) is 11.7 Å². The van der Waals surface area contributed by atoms with Gasteiger partial charge in [0.1, 0.15) is 5.60 Å². The zero-order valence-electron chi connectivity index (χ0n) is 14.3. The third-order valence-corrected chi connectivity index (χ3v) is 4.12. The molecule has 0 aromatic carbocycles. The number of nitrogens with zero attached hydrogens (tertiary/aromatic N) is 4. The predicted molar refractivity (Wildman–Crippen MR) is 89.3 cm³/mol. The van der Waals surface area contributed by atoms with Crippen LogP contribution in [0.5, 0.6) is 0 Å². The maximum Gasteiger partial charge on any atom is 0.410 e. The highest BCUT2D eigenvalue weighted by molar-refractivity contribution is 6.29. The number of halogens is 1. The van der Waals surface area contributed by atoms with Crippen LogP contribution < -0.4 is 0 Å². The second kappa shape index (κ2) is 7.45. The molecule has 0 N–H and O–H groups in total. The maximum atomic E-state index is 12.2. The summed E-state index contributed by atoms with van der Waals surface area (Å²) in [6.45, 7) is 8.02. The molecule has 128 valence electrons. The Labute approximate surface area is 142 Å². The number of likely N-dealkylation sites (N-methyl/N-ethyl adjacent to an activating group) is 1. The van der Waals surface area contributed by atoms with Crippen molar-refractivity contribution in [3.63, 3.8) is 0 Å². The topological polar surface area (TPSA) is 58.6 Å². The van der Waals surface area contributed by atoms with Gasteiger partial charge in [-0.3, -0.25) is 9.88 Å². The van der Waals surface area contributed by atoms with Crippen LogP contribution in [0.25, 0.3) is 0 Å². The van der Waals surface area contributed by atoms with Crippen molar-refractivity contribution in [2.75, 3.05) is 20.1 Å². The normalized spacial score (nSPS) is 19.4. The Hall–Kier alpha value is -1.40. The molecule has 1 aromatic heterocycles. The van der Waals surface area contributed by atoms with Crippen molar-refractivity contribution < 1.29 is 9.53 Å². The van der Waals surface area contributed by atoms with E-state index in [4.69, 9.17) is 16.3 Å². The minimum Gasteiger partial charge on any atom is -0.444 e. The maximum absolute atomic E-state index is 12.2. The molecule has 0 spiro atoms. The third kappa shape index (κ3) is 5.32. The Morgan fingerprint density at radius 2 is 2.13 bits per heavy atom. The van der Waals surface area contributed by atoms with Crippen molar-refractivity contribution in [3.8, 4) is 0 Å². The number of ether oxygens (including phenoxy) is 1. The number of rotatable bonds is 3. The largest absolute Gasteiger partial charge is 0.444 e. The van der Waals surface area contributed by atoms with Gasteiger partial charge in [-0.25, -0.2) is 9.78 Å². The summed E-state index contributed by atoms with van der Waals surface area (Å²) in [6.07, 6.45) is 4.95. The van der Waals surface area contributed by atoms with Crippen LogP contribution in [0.3, 0.4) is 0 Å². The minimum absolute atomic E-state index is 0.133. The highest BCUT2D eigenvalue weighted by atomic mass is 35.5. The molecule has 7 heteroatoms. The van der Waals surface area contributed by atoms with Crippen LogP contribution in [0.1, 0.15) is 39.3 Å². The van der Waals surface area contributed by atoms with Gasteiger partial charge >= 0.3 is 6.09 Å². The van der Waals surface area contributed by atoms with Crippen LogP contribution in [-0.4, -0.2) is 57.6 Å². The molecule has 1 fully saturated rings. The average Bonchev–Trinajstić information content (AvgIpc) is 2.47. The van der Waals surface area contributed by atoms with Gasteiger partial charge in [0, 0.05) is 38.6 Å². The van der Waals surface area contributed by atoms with E-state index in [1.165, 1.54) is 0 Å². The molecule has 2 rings (SSSR count). The Bertz CT molecular complexity index is 547. The Morgan fingerprint density at radius 3 is 2.78 bits per heavy atom. The first kappa shape index (κ1) is 17.9. The van der Waals surface area contributed by atoms with E-state index in [-0.39, 0.29) is 12.1 Å². The summed E-state index contributed by atoms with van der Waals surface area (Å²) in [5, 5.41) is 0.440. The molecule has 1 atom stereocenters. The van der Waals surface area contributed by atoms with Gasteiger partial charge in [-0.15, -0.1) is 0 Å². The molecule has 0 saturated carbocycles. The lowest BCUT2D eigenvalue weighted by Gasteiger charge is -2.38. The van der Waals surface area contributed by atoms with Crippen LogP contribution in [0.15, 0.2) is 12.4 Å². The molecule has 1 aromatic rings. The van der Waals surface area contributed by atoms with E-state index in [1.54, 1.807) is 24.3 Å². The molecular formula is C16H25ClN4O2. The molecule has 1 aliphatic rings. The second-order valence-electron chi connectivity index (χ2n) is 6.92. The van der Waals surface area contributed by atoms with Gasteiger partial charge in [0.15, 0.2) is 5.15 Å². The lowest BCUT2D eigenvalue weighted by atomic mass is 10.0. The molecule has 6 nitrogen and oxygen atoms in total. The van der Waals surface area contributed by atoms with E-state index in [9.17, 15) is 4.79 Å². The summed E-state index contributed by atoms with van der Waals surface area (Å²) < 4.78 is 5.45. The zero-order chi connectivity index (χ0) is 17.0. The van der Waals surface area contributed by atoms with E-state index < -0.39 is 5.60 Å². The first-order chi connectivity index (χ1) is 10.8. The number of hydrogen-bond acceptors (Lipinski definition) is 5. The molecule has 1 amide bonds. The summed E-state index contributed by atoms with van der Waals surface area (Å²) in [6, 6.07) is 0.133. The standard InChI is InChI=1S/C16H25ClN4O2/c1-16(2,3)23-15(22)20(4)12-6-5-9-21(10-12)11-13-14(17)19-8-7-18-13/h7-8,12H,5-6,9-11H2,1-4H3/t12-/m1/s1. The van der Waals surface area contributed by atoms with Gasteiger partial charge in [0.25, 0.3) is 0 Å². The Balaban J connectivity index is 1.95. The summed E-state index contributed by atoms with van der Waals surface area (Å²) in [4.78, 5) is 24.5. The van der Waals surface area contributed by atoms with Crippen molar-refractivity contribution >= 4 is 17.7 Å². The van der Waals surface area contributed by atoms with Gasteiger partial charge in [0.2, 0.25) is 0 Å². The molecule has 0 radical (unpaired) electrons. The van der Waals surface area contributed by atoms with E-state index >= 15 is 0 Å². The highest BCUT2D eigenvalue weighted by Gasteiger charge is 2.29. The quantitative estimate of drug-likeness (QED) is 0.846. The lowest BCUT2D eigenvalue weighted by molar-refractivity contribution is 0.0129. The fourth-order valence-electron chi connectivity index (χ4n) is 2.64. The Morgan fingerprint density at radius 1 is 1.43 bits per heavy atom. The van der Waals surface area contributed by atoms with Gasteiger partial charge in [-0.1, -0.05) is 11.6 Å². The molecule has 0 unspecified atom stereocenters. The lowest BCUT2D eigenvalue weighted by Crippen LogP contribution is -2.49. The number of aromatic nitrogens is 2. The third-order valence-electron chi connectivity index (χ3n) is 3.81. The van der Waals surface area contributed by atoms with E-state index in [2.05, 4.69) is 14.9 Å². The van der Waals surface area contributed by atoms with Crippen LogP contribution in [0.2, 0.25) is 5.15 Å². The van der Waals surface area contributed by atoms with Crippen molar-refractivity contribution in [1.29, 1.82) is 0 Å². The van der Waals surface area contributed by atoms with Gasteiger partial charge in [-0.2, -0.15) is 0 Å². The summed E-state index contributed by atoms with van der Waals surface area (Å²) in [7, 11) is 1.80. The molecule has 2 heterocycles. The number of carbonyl (C=O) groups excluding carboxylic acids is 1. The molecule has 0 aliphatic carbocycles. The zero-order valence-corrected chi connectivity index (χ0v) is 15.0. The van der Waals surface area contributed by atoms with Gasteiger partial charge in [-0.05, 0) is 40.2 Å². The first-order valence-electron chi connectivity index (χ1n) is 7.90. The van der Waals surface area contributed by atoms with Crippen molar-refractivity contribution in [3.05, 3.63) is 23.2 Å². The summed E-state index contributed by atoms with van der Waals surface area (Å²) in [5.41, 5.74) is 0.294. The molecule has 1 aliphatic heterocycles. The molecular weight excluding hydrogens is 316 g/mol. The summed E-state index contributed by atoms with van der Waals surface area (Å²) in [5.74, 6) is 0. The number of piperidine rings is 1. The SMILES string of the molecule is CN(C(=O)OC(C)(C)C)[C@@H]1CCCN(Cc2nccnc2Cl)C1. The fraction of sp³-hybridized carbons (Fsp3) is 0.688. The second-order valence-corrected chi connectivity index (χ2v) is 7.27. The predicted octanol–water partition coefficient (Wildman–Crippen LogP) is 2.96. The number of carbonyl (C=O) groups is 1. The molecule has 0 bridgehead atoms. The monoisotopic (exact) mass is 340 g/mol. The summed E-state index contributed by atoms with van der Waals surface area (Å²) >= 11 is 6.08. The number of hydrogen-bond donors (Lipinski definition) is 0. The molecule has 23 heavy (non-hydrogen) atoms. The van der Waals surface area contributed by atoms with Gasteiger partial charge in [0.05, 0.1) is 5.69 Å².